The molecule has 4 N–H and O–H groups in total. The number of ether oxygens (including phenoxy) is 1. The first-order valence-corrected chi connectivity index (χ1v) is 8.10. The zero-order chi connectivity index (χ0) is 17.1. The minimum absolute atomic E-state index is 0. The summed E-state index contributed by atoms with van der Waals surface area (Å²) in [6.45, 7) is 7.78. The Morgan fingerprint density at radius 3 is 2.50 bits per heavy atom. The van der Waals surface area contributed by atoms with E-state index in [2.05, 4.69) is 36.4 Å². The van der Waals surface area contributed by atoms with Crippen LogP contribution in [0, 0.1) is 0 Å². The number of hydrogen-bond donors (Lipinski definition) is 3. The molecule has 1 amide bonds. The predicted octanol–water partition coefficient (Wildman–Crippen LogP) is 2.06. The fourth-order valence-electron chi connectivity index (χ4n) is 1.86. The predicted molar refractivity (Wildman–Crippen MR) is 109 cm³/mol. The molecule has 0 aliphatic heterocycles. The van der Waals surface area contributed by atoms with E-state index >= 15 is 0 Å². The fraction of sp³-hybridized carbons (Fsp3) is 0.529. The van der Waals surface area contributed by atoms with Crippen LogP contribution in [0.3, 0.4) is 0 Å². The van der Waals surface area contributed by atoms with Gasteiger partial charge in [-0.1, -0.05) is 19.1 Å². The van der Waals surface area contributed by atoms with Gasteiger partial charge in [-0.05, 0) is 44.4 Å². The van der Waals surface area contributed by atoms with Crippen molar-refractivity contribution in [1.29, 1.82) is 0 Å². The first kappa shape index (κ1) is 22.5. The number of carbonyl (C=O) groups is 1. The number of primary amides is 1. The standard InChI is InChI=1S/C17H28N4O2.HI/c1-4-13(3)21-17(19-5-2)20-11-10-14-6-8-15(9-7-14)23-12-16(18)22;/h6-9,13H,4-5,10-12H2,1-3H3,(H2,18,22)(H2,19,20,21);1H. The van der Waals surface area contributed by atoms with Crippen molar-refractivity contribution in [2.45, 2.75) is 39.7 Å². The maximum Gasteiger partial charge on any atom is 0.255 e. The van der Waals surface area contributed by atoms with Crippen molar-refractivity contribution in [3.63, 3.8) is 0 Å². The van der Waals surface area contributed by atoms with Crippen molar-refractivity contribution in [3.8, 4) is 5.75 Å². The lowest BCUT2D eigenvalue weighted by atomic mass is 10.1. The third-order valence-corrected chi connectivity index (χ3v) is 3.31. The summed E-state index contributed by atoms with van der Waals surface area (Å²) in [5, 5.41) is 6.61. The van der Waals surface area contributed by atoms with E-state index < -0.39 is 5.91 Å². The van der Waals surface area contributed by atoms with E-state index in [0.717, 1.165) is 25.3 Å². The van der Waals surface area contributed by atoms with E-state index in [1.165, 1.54) is 5.56 Å². The smallest absolute Gasteiger partial charge is 0.255 e. The molecule has 1 atom stereocenters. The normalized spacial score (nSPS) is 12.0. The minimum Gasteiger partial charge on any atom is -0.484 e. The molecule has 0 aliphatic carbocycles. The van der Waals surface area contributed by atoms with Gasteiger partial charge in [-0.3, -0.25) is 9.79 Å². The van der Waals surface area contributed by atoms with Gasteiger partial charge in [0.05, 0.1) is 0 Å². The van der Waals surface area contributed by atoms with Gasteiger partial charge >= 0.3 is 0 Å². The Labute approximate surface area is 161 Å². The molecule has 6 nitrogen and oxygen atoms in total. The first-order chi connectivity index (χ1) is 11.0. The van der Waals surface area contributed by atoms with Crippen LogP contribution >= 0.6 is 24.0 Å². The molecule has 0 heterocycles. The molecule has 0 radical (unpaired) electrons. The maximum absolute atomic E-state index is 10.7. The van der Waals surface area contributed by atoms with E-state index in [-0.39, 0.29) is 30.6 Å². The van der Waals surface area contributed by atoms with Gasteiger partial charge in [0.2, 0.25) is 0 Å². The van der Waals surface area contributed by atoms with Crippen LogP contribution in [0.15, 0.2) is 29.3 Å². The molecule has 0 aliphatic rings. The molecule has 0 bridgehead atoms. The molecule has 136 valence electrons. The van der Waals surface area contributed by atoms with Crippen molar-refractivity contribution in [2.75, 3.05) is 19.7 Å². The molecular weight excluding hydrogens is 419 g/mol. The topological polar surface area (TPSA) is 88.7 Å². The molecule has 0 aromatic heterocycles. The number of benzene rings is 1. The molecule has 1 rings (SSSR count). The highest BCUT2D eigenvalue weighted by Crippen LogP contribution is 2.12. The molecule has 1 aromatic carbocycles. The number of amides is 1. The highest BCUT2D eigenvalue weighted by atomic mass is 127. The summed E-state index contributed by atoms with van der Waals surface area (Å²) in [4.78, 5) is 15.2. The molecule has 1 aromatic rings. The van der Waals surface area contributed by atoms with Gasteiger partial charge in [-0.15, -0.1) is 24.0 Å². The quantitative estimate of drug-likeness (QED) is 0.307. The van der Waals surface area contributed by atoms with Crippen molar-refractivity contribution in [3.05, 3.63) is 29.8 Å². The van der Waals surface area contributed by atoms with Gasteiger partial charge in [-0.2, -0.15) is 0 Å². The summed E-state index contributed by atoms with van der Waals surface area (Å²) in [7, 11) is 0. The number of guanidine groups is 1. The van der Waals surface area contributed by atoms with Crippen molar-refractivity contribution in [2.24, 2.45) is 10.7 Å². The van der Waals surface area contributed by atoms with Gasteiger partial charge in [0.15, 0.2) is 12.6 Å². The Balaban J connectivity index is 0.00000529. The van der Waals surface area contributed by atoms with Gasteiger partial charge in [-0.25, -0.2) is 0 Å². The average Bonchev–Trinajstić information content (AvgIpc) is 2.54. The van der Waals surface area contributed by atoms with Gasteiger partial charge in [0, 0.05) is 19.1 Å². The van der Waals surface area contributed by atoms with Crippen LogP contribution in [-0.4, -0.2) is 37.6 Å². The van der Waals surface area contributed by atoms with E-state index in [0.29, 0.717) is 18.3 Å². The second kappa shape index (κ2) is 12.9. The van der Waals surface area contributed by atoms with Crippen LogP contribution in [0.4, 0.5) is 0 Å². The second-order valence-corrected chi connectivity index (χ2v) is 5.36. The molecule has 1 unspecified atom stereocenters. The van der Waals surface area contributed by atoms with Crippen LogP contribution < -0.4 is 21.1 Å². The lowest BCUT2D eigenvalue weighted by Crippen LogP contribution is -2.42. The lowest BCUT2D eigenvalue weighted by molar-refractivity contribution is -0.119. The highest BCUT2D eigenvalue weighted by Gasteiger charge is 2.02. The zero-order valence-corrected chi connectivity index (χ0v) is 17.0. The minimum atomic E-state index is -0.479. The largest absolute Gasteiger partial charge is 0.484 e. The van der Waals surface area contributed by atoms with Gasteiger partial charge in [0.25, 0.3) is 5.91 Å². The lowest BCUT2D eigenvalue weighted by Gasteiger charge is -2.16. The van der Waals surface area contributed by atoms with E-state index in [1.807, 2.05) is 24.3 Å². The maximum atomic E-state index is 10.7. The number of hydrogen-bond acceptors (Lipinski definition) is 3. The summed E-state index contributed by atoms with van der Waals surface area (Å²) < 4.78 is 5.23. The van der Waals surface area contributed by atoms with Crippen LogP contribution in [0.1, 0.15) is 32.8 Å². The number of nitrogens with two attached hydrogens (primary N) is 1. The molecule has 0 fully saturated rings. The van der Waals surface area contributed by atoms with Crippen LogP contribution in [0.25, 0.3) is 0 Å². The third kappa shape index (κ3) is 9.59. The summed E-state index contributed by atoms with van der Waals surface area (Å²) in [6.07, 6.45) is 1.89. The highest BCUT2D eigenvalue weighted by molar-refractivity contribution is 14.0. The van der Waals surface area contributed by atoms with Gasteiger partial charge in [0.1, 0.15) is 5.75 Å². The Kier molecular flexibility index (Phi) is 12.0. The third-order valence-electron chi connectivity index (χ3n) is 3.31. The Hall–Kier alpha value is -1.51. The van der Waals surface area contributed by atoms with Gasteiger partial charge < -0.3 is 21.1 Å². The summed E-state index contributed by atoms with van der Waals surface area (Å²) in [6, 6.07) is 8.02. The SMILES string of the molecule is CCNC(=NCCc1ccc(OCC(N)=O)cc1)NC(C)CC.I. The van der Waals surface area contributed by atoms with Crippen LogP contribution in [0.2, 0.25) is 0 Å². The van der Waals surface area contributed by atoms with Crippen molar-refractivity contribution in [1.82, 2.24) is 10.6 Å². The summed E-state index contributed by atoms with van der Waals surface area (Å²) in [5.74, 6) is 1.01. The van der Waals surface area contributed by atoms with Crippen LogP contribution in [0.5, 0.6) is 5.75 Å². The number of carbonyl (C=O) groups excluding carboxylic acids is 1. The Bertz CT molecular complexity index is 506. The Morgan fingerprint density at radius 2 is 1.96 bits per heavy atom. The van der Waals surface area contributed by atoms with Crippen LogP contribution in [-0.2, 0) is 11.2 Å². The second-order valence-electron chi connectivity index (χ2n) is 5.36. The number of nitrogens with one attached hydrogen (secondary N) is 2. The van der Waals surface area contributed by atoms with E-state index in [4.69, 9.17) is 10.5 Å². The molecule has 0 saturated carbocycles. The first-order valence-electron chi connectivity index (χ1n) is 8.10. The fourth-order valence-corrected chi connectivity index (χ4v) is 1.86. The monoisotopic (exact) mass is 448 g/mol. The zero-order valence-electron chi connectivity index (χ0n) is 14.7. The number of nitrogens with zero attached hydrogens (tertiary/aromatic N) is 1. The number of halogens is 1. The molecule has 0 spiro atoms. The average molecular weight is 448 g/mol. The molecule has 24 heavy (non-hydrogen) atoms. The van der Waals surface area contributed by atoms with E-state index in [1.54, 1.807) is 0 Å². The molecule has 7 heteroatoms. The molecular formula is C17H29IN4O2. The van der Waals surface area contributed by atoms with Crippen molar-refractivity contribution >= 4 is 35.8 Å². The summed E-state index contributed by atoms with van der Waals surface area (Å²) in [5.41, 5.74) is 6.21. The summed E-state index contributed by atoms with van der Waals surface area (Å²) >= 11 is 0. The van der Waals surface area contributed by atoms with Crippen molar-refractivity contribution < 1.29 is 9.53 Å². The number of rotatable bonds is 9. The molecule has 0 saturated heterocycles. The Morgan fingerprint density at radius 1 is 1.29 bits per heavy atom. The number of aliphatic imine (C=N–C) groups is 1. The van der Waals surface area contributed by atoms with E-state index in [9.17, 15) is 4.79 Å².